The number of benzene rings is 1. The van der Waals surface area contributed by atoms with Crippen LogP contribution < -0.4 is 0 Å². The lowest BCUT2D eigenvalue weighted by Crippen LogP contribution is -2.52. The number of rotatable bonds is 2. The van der Waals surface area contributed by atoms with Crippen molar-refractivity contribution < 1.29 is 32.4 Å². The maximum atomic E-state index is 11.7. The second kappa shape index (κ2) is 3.44. The van der Waals surface area contributed by atoms with Gasteiger partial charge in [-0.3, -0.25) is 4.55 Å². The van der Waals surface area contributed by atoms with Crippen LogP contribution in [0, 0.1) is 0 Å². The normalized spacial score (nSPS) is 18.2. The van der Waals surface area contributed by atoms with Gasteiger partial charge in [0.2, 0.25) is 0 Å². The zero-order chi connectivity index (χ0) is 12.8. The predicted molar refractivity (Wildman–Crippen MR) is 53.6 cm³/mol. The van der Waals surface area contributed by atoms with Gasteiger partial charge in [-0.15, -0.1) is 0 Å². The Hall–Kier alpha value is -1.61. The van der Waals surface area contributed by atoms with Crippen molar-refractivity contribution in [3.05, 3.63) is 35.4 Å². The molecule has 7 nitrogen and oxygen atoms in total. The van der Waals surface area contributed by atoms with Gasteiger partial charge in [0, 0.05) is 0 Å². The Labute approximate surface area is 96.2 Å². The van der Waals surface area contributed by atoms with Crippen molar-refractivity contribution >= 4 is 21.9 Å². The highest BCUT2D eigenvalue weighted by Gasteiger charge is 2.56. The van der Waals surface area contributed by atoms with Crippen molar-refractivity contribution in [1.82, 2.24) is 0 Å². The highest BCUT2D eigenvalue weighted by atomic mass is 32.2. The van der Waals surface area contributed by atoms with E-state index in [0.29, 0.717) is 0 Å². The van der Waals surface area contributed by atoms with Crippen LogP contribution in [-0.2, 0) is 10.1 Å². The average Bonchev–Trinajstić information content (AvgIpc) is 2.40. The Bertz CT molecular complexity index is 585. The second-order valence-electron chi connectivity index (χ2n) is 3.64. The molecule has 2 rings (SSSR count). The van der Waals surface area contributed by atoms with Gasteiger partial charge in [0.25, 0.3) is 5.88 Å². The van der Waals surface area contributed by atoms with Crippen LogP contribution in [0.3, 0.4) is 0 Å². The molecule has 0 unspecified atom stereocenters. The highest BCUT2D eigenvalue weighted by molar-refractivity contribution is 7.85. The van der Waals surface area contributed by atoms with E-state index in [2.05, 4.69) is 0 Å². The molecule has 1 aromatic carbocycles. The molecule has 2 N–H and O–H groups in total. The molecule has 8 heteroatoms. The minimum absolute atomic E-state index is 0.0661. The number of carbonyl (C=O) groups is 2. The Balaban J connectivity index is 2.56. The molecule has 0 aliphatic carbocycles. The first-order chi connectivity index (χ1) is 7.76. The standard InChI is InChI=1S/C9H7NO6S/c11-8-6-3-1-2-4-7(6)9(12)10(8,13)5-17(14,15)16/h1-4,13H,5H2/p+1. The largest absolute Gasteiger partial charge is 0.387 e. The third-order valence-electron chi connectivity index (χ3n) is 2.41. The molecule has 1 aliphatic rings. The van der Waals surface area contributed by atoms with E-state index in [-0.39, 0.29) is 11.1 Å². The summed E-state index contributed by atoms with van der Waals surface area (Å²) in [6.07, 6.45) is 0. The molecular weight excluding hydrogens is 250 g/mol. The molecule has 90 valence electrons. The minimum Gasteiger partial charge on any atom is -0.281 e. The van der Waals surface area contributed by atoms with Crippen LogP contribution in [0.1, 0.15) is 20.7 Å². The molecule has 0 fully saturated rings. The molecule has 0 bridgehead atoms. The quantitative estimate of drug-likeness (QED) is 0.335. The van der Waals surface area contributed by atoms with Crippen molar-refractivity contribution in [3.8, 4) is 0 Å². The number of carbonyl (C=O) groups excluding carboxylic acids is 2. The number of nitrogens with zero attached hydrogens (tertiary/aromatic N) is 1. The fraction of sp³-hybridized carbons (Fsp3) is 0.111. The summed E-state index contributed by atoms with van der Waals surface area (Å²) in [5.74, 6) is -3.52. The summed E-state index contributed by atoms with van der Waals surface area (Å²) in [4.78, 5) is 23.5. The lowest BCUT2D eigenvalue weighted by molar-refractivity contribution is -0.955. The third-order valence-corrected chi connectivity index (χ3v) is 3.11. The fourth-order valence-electron chi connectivity index (χ4n) is 1.70. The van der Waals surface area contributed by atoms with E-state index in [1.54, 1.807) is 0 Å². The van der Waals surface area contributed by atoms with Crippen LogP contribution in [-0.4, -0.2) is 40.5 Å². The highest BCUT2D eigenvalue weighted by Crippen LogP contribution is 2.28. The van der Waals surface area contributed by atoms with E-state index in [4.69, 9.17) is 4.55 Å². The number of quaternary nitrogens is 1. The molecule has 0 saturated carbocycles. The molecule has 0 radical (unpaired) electrons. The van der Waals surface area contributed by atoms with Crippen molar-refractivity contribution in [1.29, 1.82) is 0 Å². The maximum absolute atomic E-state index is 11.7. The van der Waals surface area contributed by atoms with Gasteiger partial charge in [0.05, 0.1) is 11.1 Å². The van der Waals surface area contributed by atoms with Crippen LogP contribution in [0.5, 0.6) is 0 Å². The summed E-state index contributed by atoms with van der Waals surface area (Å²) in [6.45, 7) is 0. The SMILES string of the molecule is O=C1c2ccccc2C(=O)[N+]1(O)CS(=O)(=O)O. The molecule has 2 amide bonds. The van der Waals surface area contributed by atoms with Crippen LogP contribution in [0.2, 0.25) is 0 Å². The van der Waals surface area contributed by atoms with Gasteiger partial charge in [-0.25, -0.2) is 9.59 Å². The molecule has 0 aromatic heterocycles. The van der Waals surface area contributed by atoms with Crippen molar-refractivity contribution in [2.75, 3.05) is 5.88 Å². The first-order valence-corrected chi connectivity index (χ1v) is 6.11. The second-order valence-corrected chi connectivity index (χ2v) is 5.06. The van der Waals surface area contributed by atoms with E-state index in [1.807, 2.05) is 0 Å². The number of hydroxylamine groups is 3. The summed E-state index contributed by atoms with van der Waals surface area (Å²) in [6, 6.07) is 5.56. The number of imide groups is 1. The molecule has 1 aromatic rings. The number of amides is 2. The van der Waals surface area contributed by atoms with E-state index < -0.39 is 32.5 Å². The van der Waals surface area contributed by atoms with Crippen molar-refractivity contribution in [2.24, 2.45) is 0 Å². The maximum Gasteiger partial charge on any atom is 0.387 e. The van der Waals surface area contributed by atoms with Gasteiger partial charge < -0.3 is 0 Å². The molecule has 0 atom stereocenters. The van der Waals surface area contributed by atoms with Crippen LogP contribution >= 0.6 is 0 Å². The van der Waals surface area contributed by atoms with E-state index >= 15 is 0 Å². The monoisotopic (exact) mass is 258 g/mol. The fourth-order valence-corrected chi connectivity index (χ4v) is 2.41. The topological polar surface area (TPSA) is 109 Å². The summed E-state index contributed by atoms with van der Waals surface area (Å²) >= 11 is 0. The van der Waals surface area contributed by atoms with E-state index in [0.717, 1.165) is 0 Å². The minimum atomic E-state index is -4.67. The summed E-state index contributed by atoms with van der Waals surface area (Å²) < 4.78 is 28.1. The number of hydrogen-bond donors (Lipinski definition) is 2. The number of hydrogen-bond acceptors (Lipinski definition) is 5. The molecule has 0 saturated heterocycles. The molecule has 1 aliphatic heterocycles. The lowest BCUT2D eigenvalue weighted by atomic mass is 10.1. The lowest BCUT2D eigenvalue weighted by Gasteiger charge is -2.16. The zero-order valence-corrected chi connectivity index (χ0v) is 9.22. The van der Waals surface area contributed by atoms with E-state index in [9.17, 15) is 23.2 Å². The van der Waals surface area contributed by atoms with Gasteiger partial charge in [-0.05, 0) is 16.8 Å². The van der Waals surface area contributed by atoms with Gasteiger partial charge in [-0.1, -0.05) is 12.1 Å². The molecule has 1 heterocycles. The smallest absolute Gasteiger partial charge is 0.281 e. The van der Waals surface area contributed by atoms with Gasteiger partial charge in [-0.2, -0.15) is 13.6 Å². The Morgan fingerprint density at radius 2 is 1.47 bits per heavy atom. The van der Waals surface area contributed by atoms with Gasteiger partial charge >= 0.3 is 21.9 Å². The Morgan fingerprint density at radius 1 is 1.06 bits per heavy atom. The summed E-state index contributed by atoms with van der Waals surface area (Å²) in [5, 5.41) is 9.78. The zero-order valence-electron chi connectivity index (χ0n) is 8.40. The van der Waals surface area contributed by atoms with Gasteiger partial charge in [0.1, 0.15) is 0 Å². The van der Waals surface area contributed by atoms with Crippen LogP contribution in [0.25, 0.3) is 0 Å². The number of fused-ring (bicyclic) bond motifs is 1. The Kier molecular flexibility index (Phi) is 2.40. The first kappa shape index (κ1) is 11.9. The van der Waals surface area contributed by atoms with Gasteiger partial charge in [0.15, 0.2) is 0 Å². The third kappa shape index (κ3) is 1.76. The predicted octanol–water partition coefficient (Wildman–Crippen LogP) is 0.0319. The van der Waals surface area contributed by atoms with Crippen LogP contribution in [0.15, 0.2) is 24.3 Å². The van der Waals surface area contributed by atoms with Crippen LogP contribution in [0.4, 0.5) is 0 Å². The molecule has 17 heavy (non-hydrogen) atoms. The molecular formula is C9H8NO6S+. The summed E-state index contributed by atoms with van der Waals surface area (Å²) in [5.41, 5.74) is -0.132. The van der Waals surface area contributed by atoms with E-state index in [1.165, 1.54) is 24.3 Å². The first-order valence-electron chi connectivity index (χ1n) is 4.50. The Morgan fingerprint density at radius 3 is 1.82 bits per heavy atom. The molecule has 0 spiro atoms. The van der Waals surface area contributed by atoms with Crippen molar-refractivity contribution in [2.45, 2.75) is 0 Å². The average molecular weight is 258 g/mol. The summed E-state index contributed by atoms with van der Waals surface area (Å²) in [7, 11) is -4.67. The van der Waals surface area contributed by atoms with Crippen molar-refractivity contribution in [3.63, 3.8) is 0 Å².